The van der Waals surface area contributed by atoms with Gasteiger partial charge in [-0.15, -0.1) is 0 Å². The van der Waals surface area contributed by atoms with Gasteiger partial charge in [-0.2, -0.15) is 0 Å². The van der Waals surface area contributed by atoms with Gasteiger partial charge in [-0.05, 0) is 37.8 Å². The first-order chi connectivity index (χ1) is 9.83. The summed E-state index contributed by atoms with van der Waals surface area (Å²) in [6.45, 7) is 1.70. The molecule has 0 spiro atoms. The molecule has 20 heavy (non-hydrogen) atoms. The second kappa shape index (κ2) is 6.05. The van der Waals surface area contributed by atoms with Gasteiger partial charge < -0.3 is 15.8 Å². The van der Waals surface area contributed by atoms with Crippen LogP contribution in [0.1, 0.15) is 25.7 Å². The number of rotatable bonds is 4. The Morgan fingerprint density at radius 2 is 2.00 bits per heavy atom. The van der Waals surface area contributed by atoms with E-state index >= 15 is 0 Å². The van der Waals surface area contributed by atoms with E-state index < -0.39 is 0 Å². The van der Waals surface area contributed by atoms with Gasteiger partial charge in [-0.25, -0.2) is 9.97 Å². The number of hydrogen-bond acceptors (Lipinski definition) is 5. The van der Waals surface area contributed by atoms with Crippen molar-refractivity contribution < 1.29 is 4.74 Å². The number of aromatic nitrogens is 2. The van der Waals surface area contributed by atoms with Crippen LogP contribution in [0.4, 0.5) is 11.6 Å². The third-order valence-corrected chi connectivity index (χ3v) is 3.63. The summed E-state index contributed by atoms with van der Waals surface area (Å²) < 4.78 is 5.71. The quantitative estimate of drug-likeness (QED) is 0.895. The lowest BCUT2D eigenvalue weighted by Crippen LogP contribution is -2.22. The van der Waals surface area contributed by atoms with Gasteiger partial charge in [0.25, 0.3) is 0 Å². The minimum absolute atomic E-state index is 0.367. The number of nitrogen functional groups attached to an aromatic ring is 1. The summed E-state index contributed by atoms with van der Waals surface area (Å²) in [5.41, 5.74) is 7.62. The van der Waals surface area contributed by atoms with E-state index in [1.54, 1.807) is 0 Å². The third kappa shape index (κ3) is 2.99. The maximum atomic E-state index is 5.94. The molecule has 5 nitrogen and oxygen atoms in total. The van der Waals surface area contributed by atoms with E-state index in [9.17, 15) is 0 Å². The zero-order chi connectivity index (χ0) is 13.8. The van der Waals surface area contributed by atoms with Gasteiger partial charge in [0.05, 0.1) is 17.1 Å². The second-order valence-corrected chi connectivity index (χ2v) is 5.15. The average molecular weight is 272 g/mol. The normalized spacial score (nSPS) is 19.1. The Kier molecular flexibility index (Phi) is 3.97. The molecule has 0 amide bonds. The summed E-state index contributed by atoms with van der Waals surface area (Å²) in [5, 5.41) is 3.27. The first-order valence-electron chi connectivity index (χ1n) is 7.20. The van der Waals surface area contributed by atoms with Crippen LogP contribution in [0.2, 0.25) is 0 Å². The van der Waals surface area contributed by atoms with Crippen LogP contribution in [0, 0.1) is 0 Å². The number of nitrogens with two attached hydrogens (primary N) is 1. The smallest absolute Gasteiger partial charge is 0.169 e. The molecule has 0 radical (unpaired) electrons. The zero-order valence-electron chi connectivity index (χ0n) is 11.5. The van der Waals surface area contributed by atoms with Crippen molar-refractivity contribution in [3.63, 3.8) is 0 Å². The molecule has 1 aliphatic heterocycles. The van der Waals surface area contributed by atoms with Crippen LogP contribution in [-0.2, 0) is 4.74 Å². The SMILES string of the molecule is Nc1nc2ccccc2nc1NCCC1CCCCO1. The summed E-state index contributed by atoms with van der Waals surface area (Å²) in [6.07, 6.45) is 4.95. The van der Waals surface area contributed by atoms with E-state index in [-0.39, 0.29) is 0 Å². The lowest BCUT2D eigenvalue weighted by Gasteiger charge is -2.22. The van der Waals surface area contributed by atoms with Crippen LogP contribution >= 0.6 is 0 Å². The molecule has 5 heteroatoms. The highest BCUT2D eigenvalue weighted by Crippen LogP contribution is 2.19. The molecule has 2 heterocycles. The third-order valence-electron chi connectivity index (χ3n) is 3.63. The lowest BCUT2D eigenvalue weighted by molar-refractivity contribution is 0.0134. The lowest BCUT2D eigenvalue weighted by atomic mass is 10.1. The number of fused-ring (bicyclic) bond motifs is 1. The van der Waals surface area contributed by atoms with Gasteiger partial charge in [-0.3, -0.25) is 0 Å². The molecule has 0 saturated carbocycles. The van der Waals surface area contributed by atoms with E-state index in [0.29, 0.717) is 17.7 Å². The Morgan fingerprint density at radius 3 is 2.75 bits per heavy atom. The molecular weight excluding hydrogens is 252 g/mol. The van der Waals surface area contributed by atoms with Gasteiger partial charge in [0, 0.05) is 13.2 Å². The predicted octanol–water partition coefficient (Wildman–Crippen LogP) is 2.58. The summed E-state index contributed by atoms with van der Waals surface area (Å²) in [7, 11) is 0. The van der Waals surface area contributed by atoms with Gasteiger partial charge in [0.1, 0.15) is 0 Å². The Morgan fingerprint density at radius 1 is 1.20 bits per heavy atom. The summed E-state index contributed by atoms with van der Waals surface area (Å²) in [6, 6.07) is 7.74. The van der Waals surface area contributed by atoms with E-state index in [1.807, 2.05) is 24.3 Å². The molecule has 1 aromatic heterocycles. The number of anilines is 2. The standard InChI is InChI=1S/C15H20N4O/c16-14-15(17-9-8-11-5-3-4-10-20-11)19-13-7-2-1-6-12(13)18-14/h1-2,6-7,11H,3-5,8-10H2,(H2,16,18)(H,17,19). The highest BCUT2D eigenvalue weighted by Gasteiger charge is 2.13. The van der Waals surface area contributed by atoms with Crippen molar-refractivity contribution in [2.45, 2.75) is 31.8 Å². The van der Waals surface area contributed by atoms with Crippen molar-refractivity contribution in [2.24, 2.45) is 0 Å². The summed E-state index contributed by atoms with van der Waals surface area (Å²) in [5.74, 6) is 1.12. The molecule has 0 bridgehead atoms. The fourth-order valence-corrected chi connectivity index (χ4v) is 2.53. The summed E-state index contributed by atoms with van der Waals surface area (Å²) in [4.78, 5) is 8.88. The largest absolute Gasteiger partial charge is 0.381 e. The number of hydrogen-bond donors (Lipinski definition) is 2. The molecule has 3 rings (SSSR count). The van der Waals surface area contributed by atoms with Gasteiger partial charge in [0.15, 0.2) is 11.6 Å². The van der Waals surface area contributed by atoms with Crippen molar-refractivity contribution in [3.05, 3.63) is 24.3 Å². The Balaban J connectivity index is 1.63. The van der Waals surface area contributed by atoms with Crippen LogP contribution in [-0.4, -0.2) is 29.2 Å². The number of ether oxygens (including phenoxy) is 1. The Labute approximate surface area is 118 Å². The van der Waals surface area contributed by atoms with Crippen molar-refractivity contribution in [1.82, 2.24) is 9.97 Å². The molecule has 106 valence electrons. The zero-order valence-corrected chi connectivity index (χ0v) is 11.5. The van der Waals surface area contributed by atoms with Crippen LogP contribution < -0.4 is 11.1 Å². The van der Waals surface area contributed by atoms with Crippen LogP contribution in [0.15, 0.2) is 24.3 Å². The highest BCUT2D eigenvalue weighted by molar-refractivity contribution is 5.79. The van der Waals surface area contributed by atoms with Crippen molar-refractivity contribution in [3.8, 4) is 0 Å². The van der Waals surface area contributed by atoms with Crippen LogP contribution in [0.25, 0.3) is 11.0 Å². The molecule has 1 atom stereocenters. The monoisotopic (exact) mass is 272 g/mol. The highest BCUT2D eigenvalue weighted by atomic mass is 16.5. The molecule has 1 aliphatic rings. The Hall–Kier alpha value is -1.88. The minimum Gasteiger partial charge on any atom is -0.381 e. The molecule has 1 saturated heterocycles. The topological polar surface area (TPSA) is 73.1 Å². The van der Waals surface area contributed by atoms with Gasteiger partial charge >= 0.3 is 0 Å². The molecule has 0 aliphatic carbocycles. The molecule has 2 aromatic rings. The van der Waals surface area contributed by atoms with E-state index in [0.717, 1.165) is 37.0 Å². The fourth-order valence-electron chi connectivity index (χ4n) is 2.53. The number of para-hydroxylation sites is 2. The van der Waals surface area contributed by atoms with E-state index in [1.165, 1.54) is 12.8 Å². The fraction of sp³-hybridized carbons (Fsp3) is 0.467. The molecule has 1 aromatic carbocycles. The van der Waals surface area contributed by atoms with Gasteiger partial charge in [-0.1, -0.05) is 12.1 Å². The van der Waals surface area contributed by atoms with E-state index in [2.05, 4.69) is 15.3 Å². The second-order valence-electron chi connectivity index (χ2n) is 5.15. The number of nitrogens with zero attached hydrogens (tertiary/aromatic N) is 2. The first-order valence-corrected chi connectivity index (χ1v) is 7.20. The van der Waals surface area contributed by atoms with Crippen LogP contribution in [0.5, 0.6) is 0 Å². The minimum atomic E-state index is 0.367. The van der Waals surface area contributed by atoms with Crippen molar-refractivity contribution in [2.75, 3.05) is 24.2 Å². The first kappa shape index (κ1) is 13.1. The summed E-state index contributed by atoms with van der Waals surface area (Å²) >= 11 is 0. The molecule has 1 fully saturated rings. The van der Waals surface area contributed by atoms with Crippen LogP contribution in [0.3, 0.4) is 0 Å². The molecule has 3 N–H and O–H groups in total. The predicted molar refractivity (Wildman–Crippen MR) is 80.6 cm³/mol. The van der Waals surface area contributed by atoms with Crippen molar-refractivity contribution >= 4 is 22.7 Å². The number of benzene rings is 1. The number of nitrogens with one attached hydrogen (secondary N) is 1. The van der Waals surface area contributed by atoms with E-state index in [4.69, 9.17) is 10.5 Å². The maximum absolute atomic E-state index is 5.94. The molecular formula is C15H20N4O. The molecule has 1 unspecified atom stereocenters. The Bertz CT molecular complexity index is 581. The maximum Gasteiger partial charge on any atom is 0.169 e. The van der Waals surface area contributed by atoms with Crippen molar-refractivity contribution in [1.29, 1.82) is 0 Å². The van der Waals surface area contributed by atoms with Gasteiger partial charge in [0.2, 0.25) is 0 Å². The average Bonchev–Trinajstić information content (AvgIpc) is 2.49.